The Morgan fingerprint density at radius 3 is 2.50 bits per heavy atom. The van der Waals surface area contributed by atoms with Crippen LogP contribution in [0.1, 0.15) is 39.5 Å². The molecule has 0 radical (unpaired) electrons. The molecule has 20 heavy (non-hydrogen) atoms. The molecule has 0 saturated carbocycles. The monoisotopic (exact) mass is 290 g/mol. The number of unbranched alkanes of at least 4 members (excludes halogenated alkanes) is 2. The number of nitrogens with one attached hydrogen (secondary N) is 1. The molecule has 0 spiro atoms. The highest BCUT2D eigenvalue weighted by molar-refractivity contribution is 7.22. The molecular formula is C15H22N4S. The van der Waals surface area contributed by atoms with E-state index in [-0.39, 0.29) is 0 Å². The largest absolute Gasteiger partial charge is 0.348 e. The van der Waals surface area contributed by atoms with Crippen LogP contribution in [-0.4, -0.2) is 18.1 Å². The number of hydrogen-bond acceptors (Lipinski definition) is 5. The van der Waals surface area contributed by atoms with Gasteiger partial charge in [0, 0.05) is 13.1 Å². The van der Waals surface area contributed by atoms with Crippen LogP contribution in [0.15, 0.2) is 23.3 Å². The molecule has 1 N–H and O–H groups in total. The topological polar surface area (TPSA) is 52.3 Å². The van der Waals surface area contributed by atoms with Gasteiger partial charge in [0.15, 0.2) is 5.13 Å². The first kappa shape index (κ1) is 14.9. The zero-order chi connectivity index (χ0) is 14.4. The molecule has 0 atom stereocenters. The van der Waals surface area contributed by atoms with Gasteiger partial charge in [-0.05, 0) is 31.0 Å². The molecule has 0 bridgehead atoms. The summed E-state index contributed by atoms with van der Waals surface area (Å²) in [4.78, 5) is 7.13. The zero-order valence-corrected chi connectivity index (χ0v) is 13.0. The van der Waals surface area contributed by atoms with E-state index in [4.69, 9.17) is 10.5 Å². The maximum Gasteiger partial charge on any atom is 0.186 e. The average Bonchev–Trinajstić information content (AvgIpc) is 2.90. The number of anilines is 1. The molecule has 0 unspecified atom stereocenters. The molecule has 108 valence electrons. The maximum absolute atomic E-state index is 7.09. The lowest BCUT2D eigenvalue weighted by Crippen LogP contribution is -2.25. The summed E-state index contributed by atoms with van der Waals surface area (Å²) in [7, 11) is 0. The maximum atomic E-state index is 7.09. The van der Waals surface area contributed by atoms with Gasteiger partial charge in [-0.25, -0.2) is 10.5 Å². The van der Waals surface area contributed by atoms with Crippen LogP contribution < -0.4 is 4.90 Å². The van der Waals surface area contributed by atoms with Crippen molar-refractivity contribution < 1.29 is 0 Å². The highest BCUT2D eigenvalue weighted by Crippen LogP contribution is 2.31. The van der Waals surface area contributed by atoms with Crippen LogP contribution in [0.5, 0.6) is 0 Å². The van der Waals surface area contributed by atoms with Crippen LogP contribution in [0, 0.1) is 5.53 Å². The van der Waals surface area contributed by atoms with Gasteiger partial charge in [-0.1, -0.05) is 38.0 Å². The van der Waals surface area contributed by atoms with E-state index in [1.165, 1.54) is 25.7 Å². The minimum absolute atomic E-state index is 0.696. The highest BCUT2D eigenvalue weighted by atomic mass is 32.1. The summed E-state index contributed by atoms with van der Waals surface area (Å²) in [5.74, 6) is 0. The summed E-state index contributed by atoms with van der Waals surface area (Å²) in [5.41, 5.74) is 8.80. The van der Waals surface area contributed by atoms with Gasteiger partial charge >= 0.3 is 0 Å². The first-order valence-electron chi connectivity index (χ1n) is 7.31. The van der Waals surface area contributed by atoms with Gasteiger partial charge in [-0.2, -0.15) is 5.11 Å². The fourth-order valence-corrected chi connectivity index (χ4v) is 3.16. The van der Waals surface area contributed by atoms with Crippen molar-refractivity contribution in [2.24, 2.45) is 5.11 Å². The van der Waals surface area contributed by atoms with E-state index >= 15 is 0 Å². The second-order valence-corrected chi connectivity index (χ2v) is 5.96. The standard InChI is InChI=1S/C15H22N4S/c1-3-5-9-19(10-6-4-2)15-17-13-8-7-12(18-16)11-14(13)20-15/h7-8,11,16H,3-6,9-10H2,1-2H3. The fraction of sp³-hybridized carbons (Fsp3) is 0.533. The lowest BCUT2D eigenvalue weighted by atomic mass is 10.3. The Bertz CT molecular complexity index is 556. The summed E-state index contributed by atoms with van der Waals surface area (Å²) >= 11 is 1.71. The summed E-state index contributed by atoms with van der Waals surface area (Å²) in [6.45, 7) is 6.59. The molecule has 2 aromatic rings. The van der Waals surface area contributed by atoms with Crippen LogP contribution in [0.25, 0.3) is 10.2 Å². The van der Waals surface area contributed by atoms with Crippen LogP contribution in [0.2, 0.25) is 0 Å². The summed E-state index contributed by atoms with van der Waals surface area (Å²) < 4.78 is 1.12. The Kier molecular flexibility index (Phi) is 5.47. The van der Waals surface area contributed by atoms with Crippen molar-refractivity contribution in [2.45, 2.75) is 39.5 Å². The molecule has 0 amide bonds. The molecule has 1 heterocycles. The molecule has 2 rings (SSSR count). The van der Waals surface area contributed by atoms with E-state index in [0.29, 0.717) is 5.69 Å². The molecule has 0 aliphatic heterocycles. The van der Waals surface area contributed by atoms with E-state index in [9.17, 15) is 0 Å². The molecular weight excluding hydrogens is 268 g/mol. The van der Waals surface area contributed by atoms with Gasteiger partial charge in [0.25, 0.3) is 0 Å². The predicted molar refractivity (Wildman–Crippen MR) is 86.5 cm³/mol. The number of benzene rings is 1. The van der Waals surface area contributed by atoms with E-state index in [1.54, 1.807) is 11.3 Å². The van der Waals surface area contributed by atoms with Gasteiger partial charge in [0.05, 0.1) is 15.9 Å². The summed E-state index contributed by atoms with van der Waals surface area (Å²) in [6.07, 6.45) is 4.81. The van der Waals surface area contributed by atoms with Gasteiger partial charge < -0.3 is 4.90 Å². The molecule has 0 fully saturated rings. The summed E-state index contributed by atoms with van der Waals surface area (Å²) in [6, 6.07) is 5.75. The first-order valence-corrected chi connectivity index (χ1v) is 8.13. The second kappa shape index (κ2) is 7.33. The third kappa shape index (κ3) is 3.54. The fourth-order valence-electron chi connectivity index (χ4n) is 2.11. The number of fused-ring (bicyclic) bond motifs is 1. The molecule has 0 aliphatic rings. The van der Waals surface area contributed by atoms with Crippen molar-refractivity contribution in [1.82, 2.24) is 4.98 Å². The Hall–Kier alpha value is -1.49. The normalized spacial score (nSPS) is 10.9. The van der Waals surface area contributed by atoms with Crippen molar-refractivity contribution in [1.29, 1.82) is 5.53 Å². The van der Waals surface area contributed by atoms with E-state index in [2.05, 4.69) is 23.9 Å². The van der Waals surface area contributed by atoms with E-state index in [1.807, 2.05) is 18.2 Å². The zero-order valence-electron chi connectivity index (χ0n) is 12.2. The van der Waals surface area contributed by atoms with Gasteiger partial charge in [0.1, 0.15) is 0 Å². The Morgan fingerprint density at radius 2 is 1.90 bits per heavy atom. The van der Waals surface area contributed by atoms with Crippen molar-refractivity contribution in [2.75, 3.05) is 18.0 Å². The van der Waals surface area contributed by atoms with E-state index < -0.39 is 0 Å². The van der Waals surface area contributed by atoms with Crippen LogP contribution in [-0.2, 0) is 0 Å². The minimum atomic E-state index is 0.696. The molecule has 1 aromatic heterocycles. The van der Waals surface area contributed by atoms with Crippen LogP contribution >= 0.6 is 11.3 Å². The highest BCUT2D eigenvalue weighted by Gasteiger charge is 2.11. The van der Waals surface area contributed by atoms with Gasteiger partial charge in [-0.15, -0.1) is 0 Å². The summed E-state index contributed by atoms with van der Waals surface area (Å²) in [5, 5.41) is 4.59. The number of aromatic nitrogens is 1. The lowest BCUT2D eigenvalue weighted by molar-refractivity contribution is 0.677. The smallest absolute Gasteiger partial charge is 0.186 e. The van der Waals surface area contributed by atoms with Gasteiger partial charge in [-0.3, -0.25) is 0 Å². The number of nitrogens with zero attached hydrogens (tertiary/aromatic N) is 3. The molecule has 0 aliphatic carbocycles. The van der Waals surface area contributed by atoms with Gasteiger partial charge in [0.2, 0.25) is 0 Å². The number of thiazole rings is 1. The van der Waals surface area contributed by atoms with Crippen LogP contribution in [0.4, 0.5) is 10.8 Å². The lowest BCUT2D eigenvalue weighted by Gasteiger charge is -2.21. The predicted octanol–water partition coefficient (Wildman–Crippen LogP) is 5.37. The second-order valence-electron chi connectivity index (χ2n) is 4.95. The Labute approximate surface area is 124 Å². The van der Waals surface area contributed by atoms with Crippen molar-refractivity contribution >= 4 is 32.4 Å². The minimum Gasteiger partial charge on any atom is -0.348 e. The number of rotatable bonds is 8. The molecule has 1 aromatic carbocycles. The third-order valence-corrected chi connectivity index (χ3v) is 4.40. The third-order valence-electron chi connectivity index (χ3n) is 3.32. The molecule has 5 heteroatoms. The Balaban J connectivity index is 2.24. The van der Waals surface area contributed by atoms with Crippen molar-refractivity contribution in [3.63, 3.8) is 0 Å². The first-order chi connectivity index (χ1) is 9.78. The van der Waals surface area contributed by atoms with Crippen molar-refractivity contribution in [3.05, 3.63) is 18.2 Å². The van der Waals surface area contributed by atoms with Crippen molar-refractivity contribution in [3.8, 4) is 0 Å². The quantitative estimate of drug-likeness (QED) is 0.665. The van der Waals surface area contributed by atoms with Crippen LogP contribution in [0.3, 0.4) is 0 Å². The molecule has 0 saturated heterocycles. The number of hydrogen-bond donors (Lipinski definition) is 1. The molecule has 4 nitrogen and oxygen atoms in total. The Morgan fingerprint density at radius 1 is 1.20 bits per heavy atom. The van der Waals surface area contributed by atoms with E-state index in [0.717, 1.165) is 28.4 Å². The SMILES string of the molecule is CCCCN(CCCC)c1nc2ccc(N=N)cc2s1. The average molecular weight is 290 g/mol.